The molecule has 2 aliphatic rings. The molecule has 0 saturated heterocycles. The molecule has 61 heavy (non-hydrogen) atoms. The fourth-order valence-electron chi connectivity index (χ4n) is 8.40. The molecule has 1 atom stereocenters. The van der Waals surface area contributed by atoms with Gasteiger partial charge in [-0.2, -0.15) is 0 Å². The Morgan fingerprint density at radius 3 is 2.56 bits per heavy atom. The number of urea groups is 1. The Kier molecular flexibility index (Phi) is 10.3. The first-order valence-corrected chi connectivity index (χ1v) is 20.0. The van der Waals surface area contributed by atoms with E-state index in [2.05, 4.69) is 5.32 Å². The number of rotatable bonds is 11. The van der Waals surface area contributed by atoms with Crippen LogP contribution in [0, 0.1) is 5.41 Å². The fraction of sp³-hybridized carbons (Fsp3) is 0.289. The number of pyridine rings is 2. The number of phenols is 2. The zero-order valence-electron chi connectivity index (χ0n) is 34.0. The minimum absolute atomic E-state index is 0.0394. The summed E-state index contributed by atoms with van der Waals surface area (Å²) in [7, 11) is 0. The number of carbonyl (C=O) groups excluding carboxylic acids is 3. The second-order valence-electron chi connectivity index (χ2n) is 15.5. The van der Waals surface area contributed by atoms with Gasteiger partial charge in [-0.15, -0.1) is 0 Å². The first-order chi connectivity index (χ1) is 29.1. The molecule has 1 unspecified atom stereocenters. The van der Waals surface area contributed by atoms with Gasteiger partial charge in [0, 0.05) is 52.8 Å². The number of nitrogens with zero attached hydrogens (tertiary/aromatic N) is 4. The number of carbonyl (C=O) groups is 3. The quantitative estimate of drug-likeness (QED) is 0.0564. The molecule has 0 bridgehead atoms. The van der Waals surface area contributed by atoms with E-state index < -0.39 is 17.6 Å². The number of amidine groups is 1. The topological polar surface area (TPSA) is 235 Å². The molecule has 0 saturated carbocycles. The number of cyclic esters (lactones) is 1. The van der Waals surface area contributed by atoms with Gasteiger partial charge in [0.15, 0.2) is 12.2 Å². The number of anilines is 1. The molecule has 3 aromatic carbocycles. The summed E-state index contributed by atoms with van der Waals surface area (Å²) < 4.78 is 14.7. The molecular weight excluding hydrogens is 783 g/mol. The normalized spacial score (nSPS) is 15.3. The number of ether oxygens (including phenoxy) is 2. The minimum Gasteiger partial charge on any atom is -0.508 e. The predicted octanol–water partition coefficient (Wildman–Crippen LogP) is 5.24. The van der Waals surface area contributed by atoms with E-state index in [1.165, 1.54) is 6.07 Å². The molecule has 0 radical (unpaired) electrons. The van der Waals surface area contributed by atoms with E-state index in [0.29, 0.717) is 46.9 Å². The summed E-state index contributed by atoms with van der Waals surface area (Å²) in [6.45, 7) is 7.93. The minimum atomic E-state index is -1.91. The first kappa shape index (κ1) is 40.6. The van der Waals surface area contributed by atoms with Crippen LogP contribution in [-0.4, -0.2) is 66.3 Å². The Hall–Kier alpha value is -7.20. The van der Waals surface area contributed by atoms with Gasteiger partial charge in [0.2, 0.25) is 0 Å². The van der Waals surface area contributed by atoms with Crippen molar-refractivity contribution in [2.24, 2.45) is 5.73 Å². The number of aryl methyl sites for hydroxylation is 1. The molecule has 5 heterocycles. The van der Waals surface area contributed by atoms with Crippen molar-refractivity contribution in [1.29, 1.82) is 5.41 Å². The van der Waals surface area contributed by atoms with Gasteiger partial charge in [0.25, 0.3) is 11.5 Å². The lowest BCUT2D eigenvalue weighted by Gasteiger charge is -2.31. The molecule has 8 rings (SSSR count). The van der Waals surface area contributed by atoms with Gasteiger partial charge < -0.3 is 45.0 Å². The van der Waals surface area contributed by atoms with E-state index in [1.807, 2.05) is 43.7 Å². The summed E-state index contributed by atoms with van der Waals surface area (Å²) in [5.41, 5.74) is 9.32. The van der Waals surface area contributed by atoms with Crippen molar-refractivity contribution in [3.63, 3.8) is 0 Å². The average molecular weight is 828 g/mol. The molecule has 3 amide bonds. The molecule has 2 aliphatic heterocycles. The molecule has 3 aromatic heterocycles. The maximum Gasteiger partial charge on any atom is 0.343 e. The van der Waals surface area contributed by atoms with Gasteiger partial charge in [0.1, 0.15) is 29.7 Å². The summed E-state index contributed by atoms with van der Waals surface area (Å²) in [5.74, 6) is -1.57. The Labute approximate surface area is 349 Å². The van der Waals surface area contributed by atoms with Gasteiger partial charge in [-0.1, -0.05) is 27.7 Å². The number of phenolic OH excluding ortho intramolecular Hbond substituents is 2. The van der Waals surface area contributed by atoms with E-state index >= 15 is 0 Å². The Balaban J connectivity index is 0.931. The number of aromatic nitrogens is 3. The zero-order valence-corrected chi connectivity index (χ0v) is 34.0. The van der Waals surface area contributed by atoms with Crippen molar-refractivity contribution in [2.45, 2.75) is 71.8 Å². The standard InChI is InChI=1S/C45H45N7O9/c1-5-27-29-16-26(8-9-34(29)49-40-31(27)20-51-36(40)18-33-32(42(51)56)21-61-43(57)45(33,59)6-2)60-22-39(55)48-12-14-50-13-11-24-15-25(7-10-35(24)50)52(44(47)58)41(46)30-17-28(23(3)4)37(53)19-38(30)54/h7-11,13,15-19,23,46,53-54,59H,5-6,12,14,20-22H2,1-4H3,(H2,47,58)(H,48,55). The number of primary amides is 1. The highest BCUT2D eigenvalue weighted by atomic mass is 16.6. The van der Waals surface area contributed by atoms with Crippen molar-refractivity contribution in [1.82, 2.24) is 19.4 Å². The van der Waals surface area contributed by atoms with Crippen molar-refractivity contribution in [3.05, 3.63) is 111 Å². The van der Waals surface area contributed by atoms with Crippen LogP contribution in [0.4, 0.5) is 10.5 Å². The van der Waals surface area contributed by atoms with E-state index in [4.69, 9.17) is 25.6 Å². The Morgan fingerprint density at radius 1 is 1.05 bits per heavy atom. The molecule has 7 N–H and O–H groups in total. The maximum atomic E-state index is 13.7. The maximum absolute atomic E-state index is 13.7. The molecule has 314 valence electrons. The predicted molar refractivity (Wildman–Crippen MR) is 227 cm³/mol. The molecule has 0 fully saturated rings. The summed E-state index contributed by atoms with van der Waals surface area (Å²) in [5, 5.41) is 45.3. The van der Waals surface area contributed by atoms with Crippen molar-refractivity contribution >= 4 is 51.2 Å². The van der Waals surface area contributed by atoms with Crippen LogP contribution in [0.1, 0.15) is 73.4 Å². The summed E-state index contributed by atoms with van der Waals surface area (Å²) in [4.78, 5) is 57.7. The first-order valence-electron chi connectivity index (χ1n) is 20.0. The van der Waals surface area contributed by atoms with Gasteiger partial charge in [-0.3, -0.25) is 15.0 Å². The number of fused-ring (bicyclic) bond motifs is 6. The highest BCUT2D eigenvalue weighted by Gasteiger charge is 2.45. The van der Waals surface area contributed by atoms with Gasteiger partial charge >= 0.3 is 12.0 Å². The van der Waals surface area contributed by atoms with E-state index in [-0.39, 0.29) is 84.1 Å². The number of nitrogens with one attached hydrogen (secondary N) is 2. The number of nitrogens with two attached hydrogens (primary N) is 1. The molecule has 0 aliphatic carbocycles. The van der Waals surface area contributed by atoms with Crippen LogP contribution in [-0.2, 0) is 46.0 Å². The van der Waals surface area contributed by atoms with Crippen molar-refractivity contribution in [3.8, 4) is 28.6 Å². The molecule has 6 aromatic rings. The van der Waals surface area contributed by atoms with E-state index in [1.54, 1.807) is 47.9 Å². The van der Waals surface area contributed by atoms with Crippen molar-refractivity contribution < 1.29 is 39.2 Å². The van der Waals surface area contributed by atoms with E-state index in [0.717, 1.165) is 38.4 Å². The summed E-state index contributed by atoms with van der Waals surface area (Å²) >= 11 is 0. The number of benzene rings is 3. The van der Waals surface area contributed by atoms with Crippen LogP contribution in [0.5, 0.6) is 17.2 Å². The highest BCUT2D eigenvalue weighted by molar-refractivity contribution is 6.22. The highest BCUT2D eigenvalue weighted by Crippen LogP contribution is 2.41. The second kappa shape index (κ2) is 15.4. The van der Waals surface area contributed by atoms with Crippen LogP contribution in [0.3, 0.4) is 0 Å². The molecular formula is C45H45N7O9. The number of hydrogen-bond donors (Lipinski definition) is 6. The lowest BCUT2D eigenvalue weighted by atomic mass is 9.86. The Bertz CT molecular complexity index is 2900. The molecule has 16 nitrogen and oxygen atoms in total. The lowest BCUT2D eigenvalue weighted by molar-refractivity contribution is -0.172. The van der Waals surface area contributed by atoms with Crippen LogP contribution in [0.2, 0.25) is 0 Å². The number of amides is 3. The molecule has 16 heteroatoms. The van der Waals surface area contributed by atoms with Crippen LogP contribution >= 0.6 is 0 Å². The largest absolute Gasteiger partial charge is 0.508 e. The zero-order chi connectivity index (χ0) is 43.5. The lowest BCUT2D eigenvalue weighted by Crippen LogP contribution is -2.44. The summed E-state index contributed by atoms with van der Waals surface area (Å²) in [6, 6.07) is 15.7. The smallest absolute Gasteiger partial charge is 0.343 e. The molecule has 0 spiro atoms. The average Bonchev–Trinajstić information content (AvgIpc) is 3.81. The third kappa shape index (κ3) is 6.87. The van der Waals surface area contributed by atoms with Crippen molar-refractivity contribution in [2.75, 3.05) is 18.1 Å². The Morgan fingerprint density at radius 2 is 1.84 bits per heavy atom. The monoisotopic (exact) mass is 827 g/mol. The third-order valence-electron chi connectivity index (χ3n) is 11.7. The number of esters is 1. The number of aromatic hydroxyl groups is 2. The van der Waals surface area contributed by atoms with Gasteiger partial charge in [-0.05, 0) is 84.5 Å². The van der Waals surface area contributed by atoms with Gasteiger partial charge in [0.05, 0.1) is 40.3 Å². The summed E-state index contributed by atoms with van der Waals surface area (Å²) in [6.07, 6.45) is 2.52. The number of aliphatic hydroxyl groups is 1. The van der Waals surface area contributed by atoms with Crippen LogP contribution in [0.25, 0.3) is 33.2 Å². The number of hydrogen-bond acceptors (Lipinski definition) is 11. The van der Waals surface area contributed by atoms with Crippen LogP contribution in [0.15, 0.2) is 71.7 Å². The van der Waals surface area contributed by atoms with Crippen LogP contribution < -0.4 is 26.2 Å². The fourth-order valence-corrected chi connectivity index (χ4v) is 8.40. The van der Waals surface area contributed by atoms with Gasteiger partial charge in [-0.25, -0.2) is 19.5 Å². The third-order valence-corrected chi connectivity index (χ3v) is 11.7. The SMILES string of the molecule is CCc1c2c(nc3ccc(OCC(=O)NCCn4ccc5cc(N(C(=N)c6cc(C(C)C)c(O)cc6O)C(N)=O)ccc54)cc13)-c1cc3c(c(=O)n1C2)COC(=O)C3(O)CC. The second-order valence-corrected chi connectivity index (χ2v) is 15.5. The van der Waals surface area contributed by atoms with E-state index in [9.17, 15) is 34.5 Å².